The van der Waals surface area contributed by atoms with E-state index in [-0.39, 0.29) is 37.2 Å². The number of carbonyl (C=O) groups excluding carboxylic acids is 3. The van der Waals surface area contributed by atoms with Gasteiger partial charge in [-0.25, -0.2) is 13.2 Å². The molecule has 1 aliphatic heterocycles. The first-order valence-corrected chi connectivity index (χ1v) is 18.8. The number of ether oxygens (including phenoxy) is 1. The largest absolute Gasteiger partial charge is 0.462 e. The quantitative estimate of drug-likeness (QED) is 0.223. The fraction of sp³-hybridized carbons (Fsp3) is 0.333. The minimum Gasteiger partial charge on any atom is -0.462 e. The number of nitrogens with zero attached hydrogens (tertiary/aromatic N) is 2. The van der Waals surface area contributed by atoms with Gasteiger partial charge in [-0.05, 0) is 62.2 Å². The van der Waals surface area contributed by atoms with Gasteiger partial charge in [-0.2, -0.15) is 4.31 Å². The molecule has 3 heterocycles. The van der Waals surface area contributed by atoms with Crippen LogP contribution >= 0.6 is 22.9 Å². The van der Waals surface area contributed by atoms with Crippen LogP contribution in [-0.4, -0.2) is 54.6 Å². The third-order valence-electron chi connectivity index (χ3n) is 7.98. The van der Waals surface area contributed by atoms with Crippen LogP contribution in [0.15, 0.2) is 68.7 Å². The van der Waals surface area contributed by atoms with Gasteiger partial charge in [0.15, 0.2) is 5.78 Å². The second-order valence-corrected chi connectivity index (χ2v) is 16.2. The Labute approximate surface area is 298 Å². The highest BCUT2D eigenvalue weighted by Gasteiger charge is 2.27. The highest BCUT2D eigenvalue weighted by atomic mass is 35.5. The van der Waals surface area contributed by atoms with Gasteiger partial charge >= 0.3 is 5.97 Å². The number of Topliss-reactive ketones (excluding diaryl/α,β-unsaturated/α-hetero) is 1. The number of furan rings is 1. The van der Waals surface area contributed by atoms with Crippen molar-refractivity contribution in [3.8, 4) is 11.3 Å². The fourth-order valence-electron chi connectivity index (χ4n) is 5.17. The zero-order valence-electron chi connectivity index (χ0n) is 28.2. The van der Waals surface area contributed by atoms with Crippen LogP contribution in [0.1, 0.15) is 63.1 Å². The molecule has 11 nitrogen and oxygen atoms in total. The van der Waals surface area contributed by atoms with E-state index >= 15 is 0 Å². The van der Waals surface area contributed by atoms with Crippen LogP contribution in [0.3, 0.4) is 0 Å². The first-order chi connectivity index (χ1) is 23.7. The van der Waals surface area contributed by atoms with E-state index in [0.29, 0.717) is 35.7 Å². The van der Waals surface area contributed by atoms with Crippen molar-refractivity contribution in [2.45, 2.75) is 58.4 Å². The van der Waals surface area contributed by atoms with Crippen molar-refractivity contribution in [3.63, 3.8) is 0 Å². The normalized spacial score (nSPS) is 14.9. The predicted octanol–water partition coefficient (Wildman–Crippen LogP) is 5.04. The van der Waals surface area contributed by atoms with Crippen LogP contribution in [0.2, 0.25) is 5.02 Å². The number of amides is 1. The van der Waals surface area contributed by atoms with Crippen molar-refractivity contribution in [3.05, 3.63) is 90.5 Å². The van der Waals surface area contributed by atoms with Gasteiger partial charge in [0.1, 0.15) is 22.7 Å². The molecule has 2 aromatic heterocycles. The molecule has 1 amide bonds. The molecule has 0 bridgehead atoms. The summed E-state index contributed by atoms with van der Waals surface area (Å²) in [6.07, 6.45) is 5.38. The van der Waals surface area contributed by atoms with Crippen molar-refractivity contribution in [1.82, 2.24) is 8.87 Å². The zero-order chi connectivity index (χ0) is 36.2. The number of benzene rings is 2. The Hall–Kier alpha value is -4.30. The number of ketones is 1. The number of aromatic nitrogens is 1. The van der Waals surface area contributed by atoms with E-state index in [2.05, 4.69) is 5.32 Å². The summed E-state index contributed by atoms with van der Waals surface area (Å²) in [6.45, 7) is 7.62. The highest BCUT2D eigenvalue weighted by molar-refractivity contribution is 7.89. The number of hydrogen-bond acceptors (Lipinski definition) is 9. The molecule has 1 N–H and O–H groups in total. The molecule has 2 aromatic carbocycles. The number of nitrogens with one attached hydrogen (secondary N) is 1. The third kappa shape index (κ3) is 8.52. The van der Waals surface area contributed by atoms with E-state index in [1.807, 2.05) is 0 Å². The minimum atomic E-state index is -3.79. The summed E-state index contributed by atoms with van der Waals surface area (Å²) in [5.74, 6) is -0.458. The molecule has 0 atom stereocenters. The van der Waals surface area contributed by atoms with E-state index in [0.717, 1.165) is 30.6 Å². The lowest BCUT2D eigenvalue weighted by Crippen LogP contribution is -2.36. The maximum Gasteiger partial charge on any atom is 0.338 e. The molecule has 264 valence electrons. The summed E-state index contributed by atoms with van der Waals surface area (Å²) < 4.78 is 40.6. The summed E-state index contributed by atoms with van der Waals surface area (Å²) in [4.78, 5) is 52.1. The molecular weight excluding hydrogens is 702 g/mol. The van der Waals surface area contributed by atoms with Crippen molar-refractivity contribution in [2.24, 2.45) is 5.41 Å². The summed E-state index contributed by atoms with van der Waals surface area (Å²) >= 11 is 7.39. The fourth-order valence-corrected chi connectivity index (χ4v) is 7.90. The zero-order valence-corrected chi connectivity index (χ0v) is 30.5. The first-order valence-electron chi connectivity index (χ1n) is 16.1. The van der Waals surface area contributed by atoms with Crippen LogP contribution in [0.5, 0.6) is 0 Å². The summed E-state index contributed by atoms with van der Waals surface area (Å²) in [6, 6.07) is 14.2. The molecule has 1 aliphatic rings. The van der Waals surface area contributed by atoms with Crippen molar-refractivity contribution < 1.29 is 32.0 Å². The lowest BCUT2D eigenvalue weighted by molar-refractivity contribution is -0.120. The molecule has 0 saturated carbocycles. The smallest absolute Gasteiger partial charge is 0.338 e. The van der Waals surface area contributed by atoms with Gasteiger partial charge in [0.2, 0.25) is 15.9 Å². The number of sulfonamides is 1. The van der Waals surface area contributed by atoms with E-state index in [1.54, 1.807) is 64.1 Å². The second kappa shape index (κ2) is 15.3. The van der Waals surface area contributed by atoms with Crippen LogP contribution in [-0.2, 0) is 30.9 Å². The SMILES string of the molecule is CCOC(=O)c1ccc(-c2ccc(/C=c3\s/c(=C/C(=O)C(C)(C)C)n(CC(=O)Nc4cc(S(=O)(=O)N5CCCCC5)ccc4Cl)c3=O)o2)cc1. The number of rotatable bonds is 10. The minimum absolute atomic E-state index is 0.00115. The second-order valence-electron chi connectivity index (χ2n) is 12.8. The van der Waals surface area contributed by atoms with Crippen LogP contribution in [0.4, 0.5) is 5.69 Å². The molecule has 14 heteroatoms. The Morgan fingerprint density at radius 1 is 1.02 bits per heavy atom. The summed E-state index contributed by atoms with van der Waals surface area (Å²) in [7, 11) is -3.79. The molecule has 4 aromatic rings. The molecule has 1 saturated heterocycles. The van der Waals surface area contributed by atoms with Gasteiger partial charge in [0.05, 0.1) is 32.3 Å². The number of thiazole rings is 1. The molecule has 50 heavy (non-hydrogen) atoms. The summed E-state index contributed by atoms with van der Waals surface area (Å²) in [5.41, 5.74) is -0.0805. The Bertz CT molecular complexity index is 2210. The molecule has 5 rings (SSSR count). The van der Waals surface area contributed by atoms with Crippen LogP contribution in [0, 0.1) is 5.41 Å². The van der Waals surface area contributed by atoms with Gasteiger partial charge in [0, 0.05) is 36.2 Å². The first kappa shape index (κ1) is 37.0. The van der Waals surface area contributed by atoms with Gasteiger partial charge in [0.25, 0.3) is 5.56 Å². The molecule has 0 unspecified atom stereocenters. The van der Waals surface area contributed by atoms with E-state index in [4.69, 9.17) is 20.8 Å². The van der Waals surface area contributed by atoms with Gasteiger partial charge in [-0.3, -0.25) is 19.0 Å². The maximum atomic E-state index is 13.7. The standard InChI is InChI=1S/C36H38ClN3O8S2/c1-5-47-35(44)24-11-9-23(10-12-24)29-16-13-25(48-29)19-30-34(43)40(33(49-30)21-31(41)36(2,3)4)22-32(42)38-28-20-26(14-15-27(28)37)50(45,46)39-17-7-6-8-18-39/h9-16,19-21H,5-8,17-18,22H2,1-4H3,(H,38,42)/b30-19-,33-21+. The number of hydrogen-bond donors (Lipinski definition) is 1. The third-order valence-corrected chi connectivity index (χ3v) is 11.3. The Morgan fingerprint density at radius 2 is 1.72 bits per heavy atom. The molecule has 0 radical (unpaired) electrons. The summed E-state index contributed by atoms with van der Waals surface area (Å²) in [5, 5.41) is 2.77. The molecule has 1 fully saturated rings. The predicted molar refractivity (Wildman–Crippen MR) is 193 cm³/mol. The van der Waals surface area contributed by atoms with E-state index in [9.17, 15) is 27.6 Å². The van der Waals surface area contributed by atoms with Crippen LogP contribution in [0.25, 0.3) is 23.5 Å². The number of piperidine rings is 1. The average Bonchev–Trinajstić information content (AvgIpc) is 3.66. The van der Waals surface area contributed by atoms with Gasteiger partial charge < -0.3 is 14.5 Å². The van der Waals surface area contributed by atoms with E-state index in [1.165, 1.54) is 39.2 Å². The molecule has 0 aliphatic carbocycles. The Kier molecular flexibility index (Phi) is 11.3. The van der Waals surface area contributed by atoms with Crippen molar-refractivity contribution in [1.29, 1.82) is 0 Å². The highest BCUT2D eigenvalue weighted by Crippen LogP contribution is 2.28. The monoisotopic (exact) mass is 739 g/mol. The number of carbonyl (C=O) groups is 3. The molecular formula is C36H38ClN3O8S2. The van der Waals surface area contributed by atoms with Crippen LogP contribution < -0.4 is 20.1 Å². The van der Waals surface area contributed by atoms with Gasteiger partial charge in [-0.1, -0.05) is 50.9 Å². The van der Waals surface area contributed by atoms with Gasteiger partial charge in [-0.15, -0.1) is 11.3 Å². The lowest BCUT2D eigenvalue weighted by atomic mass is 9.91. The maximum absolute atomic E-state index is 13.7. The number of esters is 1. The van der Waals surface area contributed by atoms with E-state index < -0.39 is 39.4 Å². The number of anilines is 1. The Morgan fingerprint density at radius 3 is 2.38 bits per heavy atom. The average molecular weight is 740 g/mol. The number of halogens is 1. The Balaban J connectivity index is 1.44. The van der Waals surface area contributed by atoms with Crippen molar-refractivity contribution >= 4 is 68.5 Å². The topological polar surface area (TPSA) is 145 Å². The molecule has 0 spiro atoms. The van der Waals surface area contributed by atoms with Crippen molar-refractivity contribution in [2.75, 3.05) is 25.0 Å². The lowest BCUT2D eigenvalue weighted by Gasteiger charge is -2.26.